The fourth-order valence-corrected chi connectivity index (χ4v) is 3.81. The van der Waals surface area contributed by atoms with Crippen molar-refractivity contribution in [1.29, 1.82) is 0 Å². The number of aromatic nitrogens is 3. The molecular formula is C19H26N4OS. The Balaban J connectivity index is 1.69. The Morgan fingerprint density at radius 1 is 1.28 bits per heavy atom. The monoisotopic (exact) mass is 358 g/mol. The molecule has 1 aliphatic carbocycles. The number of anilines is 1. The van der Waals surface area contributed by atoms with E-state index < -0.39 is 0 Å². The summed E-state index contributed by atoms with van der Waals surface area (Å²) in [5.74, 6) is 1.99. The summed E-state index contributed by atoms with van der Waals surface area (Å²) in [4.78, 5) is 12.7. The van der Waals surface area contributed by atoms with Gasteiger partial charge in [0, 0.05) is 18.2 Å². The van der Waals surface area contributed by atoms with Crippen molar-refractivity contribution in [2.45, 2.75) is 69.3 Å². The van der Waals surface area contributed by atoms with Crippen LogP contribution in [0, 0.1) is 0 Å². The van der Waals surface area contributed by atoms with Crippen molar-refractivity contribution in [3.05, 3.63) is 35.7 Å². The average Bonchev–Trinajstić information content (AvgIpc) is 3.36. The second-order valence-corrected chi connectivity index (χ2v) is 8.16. The lowest BCUT2D eigenvalue weighted by Crippen LogP contribution is -2.23. The van der Waals surface area contributed by atoms with Crippen LogP contribution in [0.1, 0.15) is 63.8 Å². The summed E-state index contributed by atoms with van der Waals surface area (Å²) >= 11 is 1.48. The minimum absolute atomic E-state index is 0.00303. The molecule has 25 heavy (non-hydrogen) atoms. The van der Waals surface area contributed by atoms with Crippen LogP contribution >= 0.6 is 11.8 Å². The zero-order valence-corrected chi connectivity index (χ0v) is 16.1. The van der Waals surface area contributed by atoms with Crippen LogP contribution in [0.5, 0.6) is 0 Å². The molecule has 134 valence electrons. The number of carbonyl (C=O) groups excluding carboxylic acids is 1. The molecule has 1 amide bonds. The zero-order valence-electron chi connectivity index (χ0n) is 15.3. The fourth-order valence-electron chi connectivity index (χ4n) is 2.89. The van der Waals surface area contributed by atoms with Crippen LogP contribution in [0.3, 0.4) is 0 Å². The Kier molecular flexibility index (Phi) is 5.47. The van der Waals surface area contributed by atoms with Gasteiger partial charge < -0.3 is 9.88 Å². The van der Waals surface area contributed by atoms with Crippen molar-refractivity contribution in [3.63, 3.8) is 0 Å². The van der Waals surface area contributed by atoms with Crippen LogP contribution in [-0.4, -0.2) is 25.9 Å². The van der Waals surface area contributed by atoms with Crippen molar-refractivity contribution in [2.24, 2.45) is 0 Å². The molecule has 1 aromatic heterocycles. The highest BCUT2D eigenvalue weighted by atomic mass is 32.2. The number of rotatable bonds is 7. The van der Waals surface area contributed by atoms with E-state index in [1.165, 1.54) is 24.6 Å². The zero-order chi connectivity index (χ0) is 18.0. The Morgan fingerprint density at radius 2 is 2.00 bits per heavy atom. The van der Waals surface area contributed by atoms with Crippen molar-refractivity contribution in [1.82, 2.24) is 14.8 Å². The van der Waals surface area contributed by atoms with E-state index in [1.54, 1.807) is 0 Å². The maximum absolute atomic E-state index is 12.7. The third-order valence-corrected chi connectivity index (χ3v) is 5.58. The molecule has 3 rings (SSSR count). The second-order valence-electron chi connectivity index (χ2n) is 6.85. The molecule has 1 heterocycles. The molecule has 5 nitrogen and oxygen atoms in total. The predicted octanol–water partition coefficient (Wildman–Crippen LogP) is 4.42. The van der Waals surface area contributed by atoms with E-state index in [2.05, 4.69) is 46.9 Å². The molecule has 0 aliphatic heterocycles. The summed E-state index contributed by atoms with van der Waals surface area (Å²) in [7, 11) is 0. The minimum Gasteiger partial charge on any atom is -0.325 e. The van der Waals surface area contributed by atoms with E-state index in [9.17, 15) is 4.79 Å². The second kappa shape index (κ2) is 7.60. The maximum Gasteiger partial charge on any atom is 0.237 e. The average molecular weight is 359 g/mol. The van der Waals surface area contributed by atoms with Crippen LogP contribution in [0.4, 0.5) is 5.69 Å². The number of thioether (sulfide) groups is 1. The van der Waals surface area contributed by atoms with Gasteiger partial charge in [-0.3, -0.25) is 4.79 Å². The van der Waals surface area contributed by atoms with Gasteiger partial charge in [-0.25, -0.2) is 0 Å². The predicted molar refractivity (Wildman–Crippen MR) is 102 cm³/mol. The summed E-state index contributed by atoms with van der Waals surface area (Å²) < 4.78 is 2.15. The normalized spacial score (nSPS) is 15.4. The highest BCUT2D eigenvalue weighted by Gasteiger charge is 2.30. The fraction of sp³-hybridized carbons (Fsp3) is 0.526. The van der Waals surface area contributed by atoms with E-state index in [0.717, 1.165) is 28.8 Å². The minimum atomic E-state index is -0.234. The number of amides is 1. The van der Waals surface area contributed by atoms with E-state index in [0.29, 0.717) is 11.8 Å². The van der Waals surface area contributed by atoms with Gasteiger partial charge in [-0.05, 0) is 44.2 Å². The summed E-state index contributed by atoms with van der Waals surface area (Å²) in [5.41, 5.74) is 2.05. The first kappa shape index (κ1) is 18.0. The van der Waals surface area contributed by atoms with Crippen molar-refractivity contribution in [3.8, 4) is 0 Å². The van der Waals surface area contributed by atoms with Gasteiger partial charge in [0.05, 0.1) is 5.25 Å². The Labute approximate surface area is 153 Å². The van der Waals surface area contributed by atoms with Gasteiger partial charge in [-0.2, -0.15) is 0 Å². The lowest BCUT2D eigenvalue weighted by Gasteiger charge is -2.16. The quantitative estimate of drug-likeness (QED) is 0.744. The molecule has 0 bridgehead atoms. The number of nitrogens with zero attached hydrogens (tertiary/aromatic N) is 3. The highest BCUT2D eigenvalue weighted by Crippen LogP contribution is 2.40. The molecule has 2 aromatic rings. The van der Waals surface area contributed by atoms with Crippen molar-refractivity contribution >= 4 is 23.4 Å². The van der Waals surface area contributed by atoms with E-state index in [4.69, 9.17) is 0 Å². The van der Waals surface area contributed by atoms with Crippen LogP contribution in [0.15, 0.2) is 29.4 Å². The maximum atomic E-state index is 12.7. The van der Waals surface area contributed by atoms with Crippen LogP contribution in [0.2, 0.25) is 0 Å². The van der Waals surface area contributed by atoms with Crippen LogP contribution < -0.4 is 5.32 Å². The van der Waals surface area contributed by atoms with Gasteiger partial charge in [-0.15, -0.1) is 10.2 Å². The van der Waals surface area contributed by atoms with Gasteiger partial charge in [0.25, 0.3) is 0 Å². The van der Waals surface area contributed by atoms with Gasteiger partial charge >= 0.3 is 0 Å². The smallest absolute Gasteiger partial charge is 0.237 e. The molecule has 0 spiro atoms. The Bertz CT molecular complexity index is 752. The molecule has 0 radical (unpaired) electrons. The number of benzene rings is 1. The summed E-state index contributed by atoms with van der Waals surface area (Å²) in [6.45, 7) is 9.12. The molecule has 1 aliphatic rings. The van der Waals surface area contributed by atoms with Gasteiger partial charge in [0.2, 0.25) is 5.91 Å². The number of carbonyl (C=O) groups is 1. The number of nitrogens with one attached hydrogen (secondary N) is 1. The van der Waals surface area contributed by atoms with E-state index in [-0.39, 0.29) is 11.2 Å². The van der Waals surface area contributed by atoms with Gasteiger partial charge in [-0.1, -0.05) is 43.8 Å². The van der Waals surface area contributed by atoms with Gasteiger partial charge in [0.15, 0.2) is 5.16 Å². The Morgan fingerprint density at radius 3 is 2.64 bits per heavy atom. The molecule has 1 saturated carbocycles. The SMILES string of the molecule is CCn1c(S[C@H](C)C(=O)Nc2ccccc2C(C)C)nnc1C1CC1. The summed E-state index contributed by atoms with van der Waals surface area (Å²) in [6, 6.07) is 7.99. The van der Waals surface area contributed by atoms with Crippen LogP contribution in [-0.2, 0) is 11.3 Å². The van der Waals surface area contributed by atoms with Crippen molar-refractivity contribution < 1.29 is 4.79 Å². The molecule has 1 N–H and O–H groups in total. The van der Waals surface area contributed by atoms with Crippen molar-refractivity contribution in [2.75, 3.05) is 5.32 Å². The highest BCUT2D eigenvalue weighted by molar-refractivity contribution is 8.00. The molecule has 1 aromatic carbocycles. The summed E-state index contributed by atoms with van der Waals surface area (Å²) in [6.07, 6.45) is 2.40. The lowest BCUT2D eigenvalue weighted by molar-refractivity contribution is -0.115. The number of hydrogen-bond donors (Lipinski definition) is 1. The van der Waals surface area contributed by atoms with E-state index >= 15 is 0 Å². The first-order chi connectivity index (χ1) is 12.0. The molecule has 0 saturated heterocycles. The van der Waals surface area contributed by atoms with Gasteiger partial charge in [0.1, 0.15) is 5.82 Å². The third-order valence-electron chi connectivity index (χ3n) is 4.50. The first-order valence-corrected chi connectivity index (χ1v) is 9.88. The van der Waals surface area contributed by atoms with E-state index in [1.807, 2.05) is 25.1 Å². The largest absolute Gasteiger partial charge is 0.325 e. The summed E-state index contributed by atoms with van der Waals surface area (Å²) in [5, 5.41) is 12.3. The Hall–Kier alpha value is -1.82. The lowest BCUT2D eigenvalue weighted by atomic mass is 10.0. The molecular weight excluding hydrogens is 332 g/mol. The topological polar surface area (TPSA) is 59.8 Å². The van der Waals surface area contributed by atoms with Crippen LogP contribution in [0.25, 0.3) is 0 Å². The number of hydrogen-bond acceptors (Lipinski definition) is 4. The number of para-hydroxylation sites is 1. The molecule has 6 heteroatoms. The first-order valence-electron chi connectivity index (χ1n) is 9.00. The molecule has 1 atom stereocenters. The standard InChI is InChI=1S/C19H26N4OS/c1-5-23-17(14-10-11-14)21-22-19(23)25-13(4)18(24)20-16-9-7-6-8-15(16)12(2)3/h6-9,12-14H,5,10-11H2,1-4H3,(H,20,24)/t13-/m1/s1. The third kappa shape index (κ3) is 4.06. The molecule has 0 unspecified atom stereocenters. The molecule has 1 fully saturated rings.